The van der Waals surface area contributed by atoms with Gasteiger partial charge in [-0.3, -0.25) is 15.5 Å². The summed E-state index contributed by atoms with van der Waals surface area (Å²) in [7, 11) is -3.50. The maximum Gasteiger partial charge on any atom is 0.268 e. The van der Waals surface area contributed by atoms with Crippen LogP contribution in [-0.4, -0.2) is 25.1 Å². The number of hydrogen-bond acceptors (Lipinski definition) is 6. The molecule has 1 atom stereocenters. The summed E-state index contributed by atoms with van der Waals surface area (Å²) in [6.45, 7) is 0. The third-order valence-electron chi connectivity index (χ3n) is 2.44. The first-order valence-corrected chi connectivity index (χ1v) is 6.84. The first-order valence-electron chi connectivity index (χ1n) is 5.13. The molecule has 96 valence electrons. The van der Waals surface area contributed by atoms with Gasteiger partial charge in [0.15, 0.2) is 9.84 Å². The third-order valence-corrected chi connectivity index (χ3v) is 3.83. The largest absolute Gasteiger partial charge is 0.301 e. The first-order chi connectivity index (χ1) is 8.48. The highest BCUT2D eigenvalue weighted by atomic mass is 32.2. The number of nitrogens with one attached hydrogen (secondary N) is 2. The Kier molecular flexibility index (Phi) is 3.19. The van der Waals surface area contributed by atoms with Gasteiger partial charge in [-0.2, -0.15) is 0 Å². The van der Waals surface area contributed by atoms with Crippen LogP contribution < -0.4 is 10.9 Å². The van der Waals surface area contributed by atoms with E-state index in [9.17, 15) is 18.5 Å². The lowest BCUT2D eigenvalue weighted by molar-refractivity contribution is -0.506. The summed E-state index contributed by atoms with van der Waals surface area (Å²) in [6, 6.07) is 7.65. The van der Waals surface area contributed by atoms with Gasteiger partial charge in [0.2, 0.25) is 0 Å². The normalized spacial score (nSPS) is 21.1. The number of hydrazine groups is 1. The van der Waals surface area contributed by atoms with Crippen LogP contribution in [0.2, 0.25) is 0 Å². The Morgan fingerprint density at radius 1 is 1.22 bits per heavy atom. The van der Waals surface area contributed by atoms with E-state index in [2.05, 4.69) is 10.9 Å². The minimum atomic E-state index is -3.50. The number of hydrogen-bond donors (Lipinski definition) is 2. The van der Waals surface area contributed by atoms with Crippen molar-refractivity contribution in [1.29, 1.82) is 0 Å². The molecule has 2 rings (SSSR count). The highest BCUT2D eigenvalue weighted by Gasteiger charge is 2.38. The average molecular weight is 269 g/mol. The van der Waals surface area contributed by atoms with Gasteiger partial charge in [-0.1, -0.05) is 18.2 Å². The van der Waals surface area contributed by atoms with Crippen molar-refractivity contribution in [2.24, 2.45) is 0 Å². The number of nitrogens with zero attached hydrogens (tertiary/aromatic N) is 1. The first kappa shape index (κ1) is 12.4. The average Bonchev–Trinajstić information content (AvgIpc) is 2.64. The molecule has 2 N–H and O–H groups in total. The number of benzene rings is 1. The van der Waals surface area contributed by atoms with Gasteiger partial charge in [0, 0.05) is 4.92 Å². The molecule has 1 aromatic rings. The van der Waals surface area contributed by atoms with Crippen molar-refractivity contribution in [3.8, 4) is 0 Å². The van der Waals surface area contributed by atoms with Crippen molar-refractivity contribution in [3.63, 3.8) is 0 Å². The molecular weight excluding hydrogens is 258 g/mol. The Morgan fingerprint density at radius 3 is 2.50 bits per heavy atom. The lowest BCUT2D eigenvalue weighted by atomic mass is 10.3. The van der Waals surface area contributed by atoms with Crippen molar-refractivity contribution in [2.45, 2.75) is 6.04 Å². The number of para-hydroxylation sites is 1. The molecule has 7 nitrogen and oxygen atoms in total. The molecule has 0 amide bonds. The van der Waals surface area contributed by atoms with Crippen molar-refractivity contribution < 1.29 is 13.3 Å². The molecule has 0 bridgehead atoms. The standard InChI is InChI=1S/C10H11N3O4S/c14-13(15)10-7-18(16,17)6-9(10)12-11-8-4-2-1-3-5-8/h1-6,10-12H,7H2/t10-/m1/s1. The maximum absolute atomic E-state index is 11.3. The molecule has 18 heavy (non-hydrogen) atoms. The van der Waals surface area contributed by atoms with E-state index in [4.69, 9.17) is 0 Å². The van der Waals surface area contributed by atoms with Gasteiger partial charge >= 0.3 is 0 Å². The molecule has 1 heterocycles. The highest BCUT2D eigenvalue weighted by Crippen LogP contribution is 2.18. The Morgan fingerprint density at radius 2 is 1.89 bits per heavy atom. The number of sulfone groups is 1. The van der Waals surface area contributed by atoms with Gasteiger partial charge in [-0.15, -0.1) is 0 Å². The van der Waals surface area contributed by atoms with Gasteiger partial charge in [0.05, 0.1) is 11.1 Å². The van der Waals surface area contributed by atoms with E-state index in [-0.39, 0.29) is 5.70 Å². The van der Waals surface area contributed by atoms with Crippen molar-refractivity contribution >= 4 is 15.5 Å². The van der Waals surface area contributed by atoms with E-state index in [1.54, 1.807) is 24.3 Å². The molecule has 0 radical (unpaired) electrons. The molecule has 1 aliphatic heterocycles. The fourth-order valence-corrected chi connectivity index (χ4v) is 3.02. The van der Waals surface area contributed by atoms with E-state index in [1.165, 1.54) is 0 Å². The van der Waals surface area contributed by atoms with Gasteiger partial charge in [0.25, 0.3) is 6.04 Å². The zero-order valence-corrected chi connectivity index (χ0v) is 10.1. The minimum absolute atomic E-state index is 0.0452. The van der Waals surface area contributed by atoms with E-state index >= 15 is 0 Å². The summed E-state index contributed by atoms with van der Waals surface area (Å²) < 4.78 is 22.6. The molecule has 0 fully saturated rings. The topological polar surface area (TPSA) is 101 Å². The molecule has 0 spiro atoms. The van der Waals surface area contributed by atoms with Crippen LogP contribution in [0.25, 0.3) is 0 Å². The van der Waals surface area contributed by atoms with Crippen molar-refractivity contribution in [2.75, 3.05) is 11.2 Å². The third kappa shape index (κ3) is 2.77. The Labute approximate surface area is 104 Å². The van der Waals surface area contributed by atoms with E-state index in [0.717, 1.165) is 5.41 Å². The van der Waals surface area contributed by atoms with Crippen LogP contribution in [0.1, 0.15) is 0 Å². The summed E-state index contributed by atoms with van der Waals surface area (Å²) in [6.07, 6.45) is 0. The summed E-state index contributed by atoms with van der Waals surface area (Å²) in [5.41, 5.74) is 6.03. The SMILES string of the molecule is O=[N+]([O-])[C@@H]1CS(=O)(=O)C=C1NNc1ccccc1. The summed E-state index contributed by atoms with van der Waals surface area (Å²) in [5.74, 6) is -0.501. The van der Waals surface area contributed by atoms with Crippen LogP contribution in [0.3, 0.4) is 0 Å². The van der Waals surface area contributed by atoms with Gasteiger partial charge < -0.3 is 5.43 Å². The summed E-state index contributed by atoms with van der Waals surface area (Å²) in [4.78, 5) is 10.1. The molecule has 1 aliphatic rings. The van der Waals surface area contributed by atoms with Crippen LogP contribution in [0.15, 0.2) is 41.4 Å². The fourth-order valence-electron chi connectivity index (χ4n) is 1.58. The maximum atomic E-state index is 11.3. The second-order valence-corrected chi connectivity index (χ2v) is 5.71. The van der Waals surface area contributed by atoms with Crippen LogP contribution in [-0.2, 0) is 9.84 Å². The Hall–Kier alpha value is -2.09. The quantitative estimate of drug-likeness (QED) is 0.610. The summed E-state index contributed by atoms with van der Waals surface area (Å²) in [5, 5.41) is 11.6. The van der Waals surface area contributed by atoms with Crippen LogP contribution in [0.5, 0.6) is 0 Å². The van der Waals surface area contributed by atoms with Crippen LogP contribution in [0, 0.1) is 10.1 Å². The molecular formula is C10H11N3O4S. The predicted molar refractivity (Wildman–Crippen MR) is 65.9 cm³/mol. The number of nitro groups is 1. The molecule has 0 saturated carbocycles. The molecule has 8 heteroatoms. The van der Waals surface area contributed by atoms with Gasteiger partial charge in [-0.05, 0) is 12.1 Å². The minimum Gasteiger partial charge on any atom is -0.301 e. The predicted octanol–water partition coefficient (Wildman–Crippen LogP) is 0.518. The molecule has 0 saturated heterocycles. The molecule has 0 aliphatic carbocycles. The van der Waals surface area contributed by atoms with Crippen molar-refractivity contribution in [3.05, 3.63) is 51.6 Å². The Bertz CT molecular complexity index is 582. The van der Waals surface area contributed by atoms with E-state index in [0.29, 0.717) is 5.69 Å². The summed E-state index contributed by atoms with van der Waals surface area (Å²) >= 11 is 0. The van der Waals surface area contributed by atoms with Crippen LogP contribution >= 0.6 is 0 Å². The van der Waals surface area contributed by atoms with Gasteiger partial charge in [0.1, 0.15) is 11.4 Å². The van der Waals surface area contributed by atoms with Gasteiger partial charge in [-0.25, -0.2) is 8.42 Å². The lowest BCUT2D eigenvalue weighted by Gasteiger charge is -2.11. The van der Waals surface area contributed by atoms with E-state index < -0.39 is 26.6 Å². The van der Waals surface area contributed by atoms with Crippen LogP contribution in [0.4, 0.5) is 5.69 Å². The second-order valence-electron chi connectivity index (χ2n) is 3.82. The Balaban J connectivity index is 2.10. The lowest BCUT2D eigenvalue weighted by Crippen LogP contribution is -2.33. The zero-order valence-electron chi connectivity index (χ0n) is 9.24. The fraction of sp³-hybridized carbons (Fsp3) is 0.200. The smallest absolute Gasteiger partial charge is 0.268 e. The van der Waals surface area contributed by atoms with E-state index in [1.807, 2.05) is 6.07 Å². The molecule has 0 aromatic heterocycles. The number of anilines is 1. The van der Waals surface area contributed by atoms with Crippen molar-refractivity contribution in [1.82, 2.24) is 5.43 Å². The second kappa shape index (κ2) is 4.65. The monoisotopic (exact) mass is 269 g/mol. The molecule has 0 unspecified atom stereocenters. The number of rotatable bonds is 4. The molecule has 1 aromatic carbocycles. The zero-order chi connectivity index (χ0) is 13.2. The highest BCUT2D eigenvalue weighted by molar-refractivity contribution is 7.94.